The number of hydrogen-bond acceptors (Lipinski definition) is 1. The quantitative estimate of drug-likeness (QED) is 0.613. The van der Waals surface area contributed by atoms with E-state index in [0.717, 1.165) is 0 Å². The van der Waals surface area contributed by atoms with Crippen molar-refractivity contribution in [3.63, 3.8) is 0 Å². The summed E-state index contributed by atoms with van der Waals surface area (Å²) in [6.07, 6.45) is 10.4. The van der Waals surface area contributed by atoms with E-state index in [4.69, 9.17) is 5.11 Å². The molecule has 0 aromatic heterocycles. The Bertz CT molecular complexity index is 362. The fourth-order valence-electron chi connectivity index (χ4n) is 2.83. The van der Waals surface area contributed by atoms with Gasteiger partial charge in [0.25, 0.3) is 0 Å². The van der Waals surface area contributed by atoms with Crippen molar-refractivity contribution in [3.8, 4) is 0 Å². The zero-order valence-corrected chi connectivity index (χ0v) is 7.05. The molecule has 0 saturated carbocycles. The first-order valence-corrected chi connectivity index (χ1v) is 4.59. The number of carbonyl (C=O) groups is 1. The maximum atomic E-state index is 10.9. The lowest BCUT2D eigenvalue weighted by molar-refractivity contribution is -0.133. The minimum absolute atomic E-state index is 0.169. The maximum absolute atomic E-state index is 10.9. The molecule has 0 spiro atoms. The topological polar surface area (TPSA) is 37.3 Å². The van der Waals surface area contributed by atoms with Gasteiger partial charge in [-0.1, -0.05) is 30.4 Å². The van der Waals surface area contributed by atoms with E-state index < -0.39 is 5.97 Å². The average Bonchev–Trinajstić information content (AvgIpc) is 2.72. The van der Waals surface area contributed by atoms with Gasteiger partial charge < -0.3 is 5.11 Å². The lowest BCUT2D eigenvalue weighted by Gasteiger charge is -2.15. The highest BCUT2D eigenvalue weighted by atomic mass is 16.4. The monoisotopic (exact) mass is 174 g/mol. The minimum atomic E-state index is -0.752. The van der Waals surface area contributed by atoms with E-state index in [9.17, 15) is 4.79 Å². The molecule has 0 radical (unpaired) electrons. The van der Waals surface area contributed by atoms with E-state index in [1.807, 2.05) is 6.08 Å². The zero-order valence-electron chi connectivity index (χ0n) is 7.05. The Hall–Kier alpha value is -1.31. The fourth-order valence-corrected chi connectivity index (χ4v) is 2.83. The lowest BCUT2D eigenvalue weighted by atomic mass is 9.87. The summed E-state index contributed by atoms with van der Waals surface area (Å²) in [7, 11) is 0. The molecule has 3 aliphatic carbocycles. The third-order valence-electron chi connectivity index (χ3n) is 3.38. The molecule has 3 rings (SSSR count). The first-order chi connectivity index (χ1) is 6.27. The number of allylic oxidation sites excluding steroid dienone is 5. The summed E-state index contributed by atoms with van der Waals surface area (Å²) in [6.45, 7) is 0. The van der Waals surface area contributed by atoms with Gasteiger partial charge in [0.1, 0.15) is 0 Å². The number of rotatable bonds is 1. The molecular weight excluding hydrogens is 164 g/mol. The van der Waals surface area contributed by atoms with Crippen LogP contribution < -0.4 is 0 Å². The van der Waals surface area contributed by atoms with Crippen LogP contribution >= 0.6 is 0 Å². The molecule has 2 heteroatoms. The maximum Gasteiger partial charge on any atom is 0.331 e. The van der Waals surface area contributed by atoms with Crippen molar-refractivity contribution in [1.82, 2.24) is 0 Å². The Labute approximate surface area is 76.3 Å². The molecule has 0 amide bonds. The number of carboxylic acids is 1. The van der Waals surface area contributed by atoms with Gasteiger partial charge in [-0.3, -0.25) is 0 Å². The van der Waals surface area contributed by atoms with Crippen molar-refractivity contribution in [1.29, 1.82) is 0 Å². The number of aliphatic carboxylic acids is 1. The second-order valence-corrected chi connectivity index (χ2v) is 3.95. The Balaban J connectivity index is 2.07. The summed E-state index contributed by atoms with van der Waals surface area (Å²) in [5.74, 6) is 0.769. The molecule has 0 aromatic rings. The first-order valence-electron chi connectivity index (χ1n) is 4.59. The smallest absolute Gasteiger partial charge is 0.331 e. The SMILES string of the molecule is O=C(O)C1=C[C@@H]2C=C[C@H]3C=C[C@@H]1[C@H]32. The first kappa shape index (κ1) is 7.13. The summed E-state index contributed by atoms with van der Waals surface area (Å²) < 4.78 is 0. The Morgan fingerprint density at radius 1 is 1.15 bits per heavy atom. The summed E-state index contributed by atoms with van der Waals surface area (Å²) in [5.41, 5.74) is 0.595. The predicted octanol–water partition coefficient (Wildman–Crippen LogP) is 1.62. The van der Waals surface area contributed by atoms with Crippen molar-refractivity contribution in [3.05, 3.63) is 36.0 Å². The molecule has 1 N–H and O–H groups in total. The average molecular weight is 174 g/mol. The van der Waals surface area contributed by atoms with Gasteiger partial charge in [0.15, 0.2) is 0 Å². The van der Waals surface area contributed by atoms with Gasteiger partial charge in [-0.05, 0) is 11.8 Å². The van der Waals surface area contributed by atoms with Crippen LogP contribution in [-0.4, -0.2) is 11.1 Å². The zero-order chi connectivity index (χ0) is 9.00. The van der Waals surface area contributed by atoms with Gasteiger partial charge in [0, 0.05) is 17.4 Å². The van der Waals surface area contributed by atoms with Crippen molar-refractivity contribution < 1.29 is 9.90 Å². The summed E-state index contributed by atoms with van der Waals surface area (Å²) in [6, 6.07) is 0. The van der Waals surface area contributed by atoms with E-state index in [0.29, 0.717) is 23.3 Å². The molecule has 0 fully saturated rings. The molecule has 0 bridgehead atoms. The van der Waals surface area contributed by atoms with E-state index in [1.54, 1.807) is 0 Å². The molecule has 0 unspecified atom stereocenters. The summed E-state index contributed by atoms with van der Waals surface area (Å²) in [5, 5.41) is 8.96. The van der Waals surface area contributed by atoms with Gasteiger partial charge >= 0.3 is 5.97 Å². The molecule has 13 heavy (non-hydrogen) atoms. The standard InChI is InChI=1S/C11H10O2/c12-11(13)9-5-7-2-1-6-3-4-8(9)10(6)7/h1-8,10H,(H,12,13)/t6-,7-,8-,10+/m0/s1. The van der Waals surface area contributed by atoms with Crippen molar-refractivity contribution in [2.24, 2.45) is 23.7 Å². The fraction of sp³-hybridized carbons (Fsp3) is 0.364. The molecular formula is C11H10O2. The van der Waals surface area contributed by atoms with Crippen LogP contribution in [0.1, 0.15) is 0 Å². The highest BCUT2D eigenvalue weighted by Gasteiger charge is 2.45. The highest BCUT2D eigenvalue weighted by molar-refractivity contribution is 5.89. The van der Waals surface area contributed by atoms with Crippen LogP contribution in [0.25, 0.3) is 0 Å². The molecule has 0 heterocycles. The van der Waals surface area contributed by atoms with Gasteiger partial charge in [-0.15, -0.1) is 0 Å². The Kier molecular flexibility index (Phi) is 1.17. The van der Waals surface area contributed by atoms with E-state index in [2.05, 4.69) is 24.3 Å². The summed E-state index contributed by atoms with van der Waals surface area (Å²) in [4.78, 5) is 10.9. The molecule has 2 nitrogen and oxygen atoms in total. The van der Waals surface area contributed by atoms with Crippen LogP contribution in [-0.2, 0) is 4.79 Å². The van der Waals surface area contributed by atoms with Crippen molar-refractivity contribution in [2.75, 3.05) is 0 Å². The Morgan fingerprint density at radius 2 is 1.85 bits per heavy atom. The van der Waals surface area contributed by atoms with Crippen LogP contribution in [0.15, 0.2) is 36.0 Å². The predicted molar refractivity (Wildman–Crippen MR) is 48.0 cm³/mol. The van der Waals surface area contributed by atoms with Crippen LogP contribution in [0, 0.1) is 23.7 Å². The molecule has 0 saturated heterocycles. The Morgan fingerprint density at radius 3 is 2.62 bits per heavy atom. The van der Waals surface area contributed by atoms with Crippen LogP contribution in [0.5, 0.6) is 0 Å². The van der Waals surface area contributed by atoms with Crippen LogP contribution in [0.4, 0.5) is 0 Å². The normalized spacial score (nSPS) is 43.8. The van der Waals surface area contributed by atoms with Crippen molar-refractivity contribution in [2.45, 2.75) is 0 Å². The summed E-state index contributed by atoms with van der Waals surface area (Å²) >= 11 is 0. The molecule has 66 valence electrons. The molecule has 0 aliphatic heterocycles. The highest BCUT2D eigenvalue weighted by Crippen LogP contribution is 2.50. The lowest BCUT2D eigenvalue weighted by Crippen LogP contribution is -2.15. The second kappa shape index (κ2) is 2.13. The van der Waals surface area contributed by atoms with Crippen LogP contribution in [0.2, 0.25) is 0 Å². The third-order valence-corrected chi connectivity index (χ3v) is 3.38. The van der Waals surface area contributed by atoms with Gasteiger partial charge in [0.2, 0.25) is 0 Å². The van der Waals surface area contributed by atoms with Crippen molar-refractivity contribution >= 4 is 5.97 Å². The molecule has 0 aromatic carbocycles. The minimum Gasteiger partial charge on any atom is -0.478 e. The molecule has 3 aliphatic rings. The second-order valence-electron chi connectivity index (χ2n) is 3.95. The molecule has 4 atom stereocenters. The van der Waals surface area contributed by atoms with E-state index in [-0.39, 0.29) is 5.92 Å². The number of carboxylic acid groups (broad SMARTS) is 1. The van der Waals surface area contributed by atoms with E-state index in [1.165, 1.54) is 0 Å². The van der Waals surface area contributed by atoms with Gasteiger partial charge in [-0.2, -0.15) is 0 Å². The number of hydrogen-bond donors (Lipinski definition) is 1. The third kappa shape index (κ3) is 0.755. The van der Waals surface area contributed by atoms with Gasteiger partial charge in [-0.25, -0.2) is 4.79 Å². The largest absolute Gasteiger partial charge is 0.478 e. The van der Waals surface area contributed by atoms with E-state index >= 15 is 0 Å². The van der Waals surface area contributed by atoms with Gasteiger partial charge in [0.05, 0.1) is 0 Å². The van der Waals surface area contributed by atoms with Crippen LogP contribution in [0.3, 0.4) is 0 Å².